The fraction of sp³-hybridized carbons (Fsp3) is 0.167. The van der Waals surface area contributed by atoms with Gasteiger partial charge in [-0.1, -0.05) is 35.9 Å². The predicted molar refractivity (Wildman–Crippen MR) is 99.0 cm³/mol. The van der Waals surface area contributed by atoms with Gasteiger partial charge in [-0.25, -0.2) is 18.5 Å². The monoisotopic (exact) mass is 392 g/mol. The normalized spacial score (nSPS) is 12.3. The molecule has 26 heavy (non-hydrogen) atoms. The molecule has 0 radical (unpaired) electrons. The average molecular weight is 393 g/mol. The summed E-state index contributed by atoms with van der Waals surface area (Å²) in [5, 5.41) is 16.1. The smallest absolute Gasteiger partial charge is 0.238 e. The molecule has 6 nitrogen and oxygen atoms in total. The van der Waals surface area contributed by atoms with Crippen molar-refractivity contribution in [3.8, 4) is 22.6 Å². The van der Waals surface area contributed by atoms with Gasteiger partial charge in [0.15, 0.2) is 5.76 Å². The lowest BCUT2D eigenvalue weighted by atomic mass is 10.1. The topological polar surface area (TPSA) is 106 Å². The maximum absolute atomic E-state index is 12.0. The Morgan fingerprint density at radius 2 is 1.85 bits per heavy atom. The van der Waals surface area contributed by atoms with E-state index in [1.165, 1.54) is 19.9 Å². The fourth-order valence-electron chi connectivity index (χ4n) is 2.50. The Morgan fingerprint density at radius 1 is 1.15 bits per heavy atom. The van der Waals surface area contributed by atoms with Crippen LogP contribution < -0.4 is 5.14 Å². The third-order valence-corrected chi connectivity index (χ3v) is 4.89. The van der Waals surface area contributed by atoms with Gasteiger partial charge in [0.2, 0.25) is 15.9 Å². The first-order valence-electron chi connectivity index (χ1n) is 7.69. The van der Waals surface area contributed by atoms with E-state index in [2.05, 4.69) is 4.98 Å². The van der Waals surface area contributed by atoms with Gasteiger partial charge in [0.1, 0.15) is 11.3 Å². The van der Waals surface area contributed by atoms with E-state index in [1.54, 1.807) is 42.5 Å². The van der Waals surface area contributed by atoms with Crippen LogP contribution in [0.25, 0.3) is 22.6 Å². The zero-order valence-electron chi connectivity index (χ0n) is 14.1. The number of halogens is 1. The Labute approximate surface area is 156 Å². The number of nitrogens with zero attached hydrogens (tertiary/aromatic N) is 1. The Hall–Kier alpha value is -2.19. The van der Waals surface area contributed by atoms with Gasteiger partial charge in [0, 0.05) is 16.1 Å². The maximum atomic E-state index is 12.0. The summed E-state index contributed by atoms with van der Waals surface area (Å²) in [7, 11) is -3.99. The van der Waals surface area contributed by atoms with Gasteiger partial charge in [-0.2, -0.15) is 0 Å². The second-order valence-electron chi connectivity index (χ2n) is 6.31. The summed E-state index contributed by atoms with van der Waals surface area (Å²) in [4.78, 5) is 4.29. The molecule has 0 aliphatic heterocycles. The molecule has 3 N–H and O–H groups in total. The van der Waals surface area contributed by atoms with E-state index in [0.29, 0.717) is 16.3 Å². The lowest BCUT2D eigenvalue weighted by molar-refractivity contribution is 0.0490. The number of benzene rings is 2. The zero-order chi connectivity index (χ0) is 19.1. The van der Waals surface area contributed by atoms with Gasteiger partial charge in [-0.15, -0.1) is 0 Å². The molecule has 0 unspecified atom stereocenters. The molecule has 1 heterocycles. The van der Waals surface area contributed by atoms with E-state index in [4.69, 9.17) is 21.2 Å². The van der Waals surface area contributed by atoms with E-state index < -0.39 is 15.6 Å². The minimum atomic E-state index is -3.99. The summed E-state index contributed by atoms with van der Waals surface area (Å²) in [6, 6.07) is 13.1. The van der Waals surface area contributed by atoms with E-state index >= 15 is 0 Å². The van der Waals surface area contributed by atoms with Gasteiger partial charge in [-0.3, -0.25) is 0 Å². The minimum absolute atomic E-state index is 0.0479. The van der Waals surface area contributed by atoms with Crippen molar-refractivity contribution in [2.75, 3.05) is 0 Å². The van der Waals surface area contributed by atoms with Crippen LogP contribution in [0.5, 0.6) is 0 Å². The van der Waals surface area contributed by atoms with Crippen LogP contribution in [-0.2, 0) is 15.6 Å². The summed E-state index contributed by atoms with van der Waals surface area (Å²) in [6.45, 7) is 3.05. The second kappa shape index (κ2) is 6.51. The highest BCUT2D eigenvalue weighted by Crippen LogP contribution is 2.38. The maximum Gasteiger partial charge on any atom is 0.238 e. The molecule has 3 rings (SSSR count). The van der Waals surface area contributed by atoms with Crippen LogP contribution in [-0.4, -0.2) is 18.5 Å². The van der Waals surface area contributed by atoms with Gasteiger partial charge in [0.25, 0.3) is 0 Å². The number of aliphatic hydroxyl groups is 1. The number of oxazole rings is 1. The summed E-state index contributed by atoms with van der Waals surface area (Å²) in [6.07, 6.45) is 0. The first kappa shape index (κ1) is 18.6. The standard InChI is InChI=1S/C18H17ClN2O4S/c1-18(2,22)17-21-15(11-6-5-7-12(19)10-11)16(25-17)13-8-3-4-9-14(13)26(20,23)24/h3-10,22H,1-2H3,(H2,20,23,24). The number of rotatable bonds is 4. The van der Waals surface area contributed by atoms with E-state index in [1.807, 2.05) is 0 Å². The molecule has 136 valence electrons. The number of hydrogen-bond acceptors (Lipinski definition) is 5. The van der Waals surface area contributed by atoms with Gasteiger partial charge >= 0.3 is 0 Å². The molecule has 0 saturated heterocycles. The third-order valence-electron chi connectivity index (χ3n) is 3.69. The van der Waals surface area contributed by atoms with E-state index in [-0.39, 0.29) is 22.1 Å². The lowest BCUT2D eigenvalue weighted by Gasteiger charge is -2.11. The summed E-state index contributed by atoms with van der Waals surface area (Å²) in [5.74, 6) is 0.237. The van der Waals surface area contributed by atoms with E-state index in [9.17, 15) is 13.5 Å². The number of aromatic nitrogens is 1. The molecule has 2 aromatic carbocycles. The summed E-state index contributed by atoms with van der Waals surface area (Å²) < 4.78 is 29.7. The number of primary sulfonamides is 1. The first-order valence-corrected chi connectivity index (χ1v) is 9.61. The van der Waals surface area contributed by atoms with Crippen LogP contribution in [0, 0.1) is 0 Å². The molecular formula is C18H17ClN2O4S. The van der Waals surface area contributed by atoms with E-state index in [0.717, 1.165) is 0 Å². The molecule has 0 bridgehead atoms. The van der Waals surface area contributed by atoms with Crippen LogP contribution in [0.4, 0.5) is 0 Å². The third kappa shape index (κ3) is 3.66. The molecule has 0 aliphatic rings. The molecule has 0 saturated carbocycles. The Morgan fingerprint density at radius 3 is 2.46 bits per heavy atom. The molecule has 0 fully saturated rings. The number of hydrogen-bond donors (Lipinski definition) is 2. The highest BCUT2D eigenvalue weighted by molar-refractivity contribution is 7.89. The molecule has 0 spiro atoms. The lowest BCUT2D eigenvalue weighted by Crippen LogP contribution is -2.15. The molecule has 0 atom stereocenters. The molecule has 1 aromatic heterocycles. The fourth-order valence-corrected chi connectivity index (χ4v) is 3.42. The van der Waals surface area contributed by atoms with Crippen LogP contribution >= 0.6 is 11.6 Å². The average Bonchev–Trinajstić information content (AvgIpc) is 2.99. The van der Waals surface area contributed by atoms with Crippen molar-refractivity contribution in [2.45, 2.75) is 24.3 Å². The highest BCUT2D eigenvalue weighted by Gasteiger charge is 2.29. The van der Waals surface area contributed by atoms with Gasteiger partial charge < -0.3 is 9.52 Å². The van der Waals surface area contributed by atoms with Gasteiger partial charge in [0.05, 0.1) is 4.90 Å². The second-order valence-corrected chi connectivity index (χ2v) is 8.27. The molecule has 8 heteroatoms. The van der Waals surface area contributed by atoms with Crippen LogP contribution in [0.2, 0.25) is 5.02 Å². The quantitative estimate of drug-likeness (QED) is 0.706. The van der Waals surface area contributed by atoms with Crippen molar-refractivity contribution in [1.29, 1.82) is 0 Å². The molecular weight excluding hydrogens is 376 g/mol. The first-order chi connectivity index (χ1) is 12.1. The Kier molecular flexibility index (Phi) is 4.66. The highest BCUT2D eigenvalue weighted by atomic mass is 35.5. The number of sulfonamides is 1. The predicted octanol–water partition coefficient (Wildman–Crippen LogP) is 3.54. The number of nitrogens with two attached hydrogens (primary N) is 1. The van der Waals surface area contributed by atoms with Crippen molar-refractivity contribution in [1.82, 2.24) is 4.98 Å². The molecule has 3 aromatic rings. The van der Waals surface area contributed by atoms with Crippen LogP contribution in [0.1, 0.15) is 19.7 Å². The Bertz CT molecular complexity index is 1070. The minimum Gasteiger partial charge on any atom is -0.437 e. The van der Waals surface area contributed by atoms with Crippen molar-refractivity contribution in [3.05, 3.63) is 59.4 Å². The Balaban J connectivity index is 2.34. The van der Waals surface area contributed by atoms with Crippen LogP contribution in [0.3, 0.4) is 0 Å². The zero-order valence-corrected chi connectivity index (χ0v) is 15.7. The van der Waals surface area contributed by atoms with Crippen molar-refractivity contribution < 1.29 is 17.9 Å². The van der Waals surface area contributed by atoms with Crippen molar-refractivity contribution in [3.63, 3.8) is 0 Å². The molecule has 0 aliphatic carbocycles. The summed E-state index contributed by atoms with van der Waals surface area (Å²) >= 11 is 6.07. The van der Waals surface area contributed by atoms with Crippen molar-refractivity contribution >= 4 is 21.6 Å². The van der Waals surface area contributed by atoms with Crippen LogP contribution in [0.15, 0.2) is 57.8 Å². The van der Waals surface area contributed by atoms with Gasteiger partial charge in [-0.05, 0) is 38.1 Å². The largest absolute Gasteiger partial charge is 0.437 e. The molecule has 0 amide bonds. The summed E-state index contributed by atoms with van der Waals surface area (Å²) in [5.41, 5.74) is -0.119. The van der Waals surface area contributed by atoms with Crippen molar-refractivity contribution in [2.24, 2.45) is 5.14 Å². The SMILES string of the molecule is CC(C)(O)c1nc(-c2cccc(Cl)c2)c(-c2ccccc2S(N)(=O)=O)o1.